The van der Waals surface area contributed by atoms with Gasteiger partial charge in [0, 0.05) is 16.8 Å². The van der Waals surface area contributed by atoms with Crippen LogP contribution >= 0.6 is 11.3 Å². The number of carbonyl (C=O) groups excluding carboxylic acids is 1. The number of rotatable bonds is 6. The summed E-state index contributed by atoms with van der Waals surface area (Å²) >= 11 is 1.21. The van der Waals surface area contributed by atoms with Crippen molar-refractivity contribution in [3.8, 4) is 10.6 Å². The predicted octanol–water partition coefficient (Wildman–Crippen LogP) is 4.71. The van der Waals surface area contributed by atoms with Crippen LogP contribution in [0.4, 0.5) is 15.2 Å². The zero-order valence-electron chi connectivity index (χ0n) is 16.7. The number of amides is 1. The summed E-state index contributed by atoms with van der Waals surface area (Å²) < 4.78 is 40.9. The fourth-order valence-corrected chi connectivity index (χ4v) is 4.71. The number of hydrogen-bond acceptors (Lipinski definition) is 6. The molecule has 162 valence electrons. The number of hydrogen-bond donors (Lipinski definition) is 2. The highest BCUT2D eigenvalue weighted by Gasteiger charge is 2.19. The topological polar surface area (TPSA) is 101 Å². The minimum Gasteiger partial charge on any atom is -0.296 e. The number of aryl methyl sites for hydroxylation is 1. The van der Waals surface area contributed by atoms with Crippen molar-refractivity contribution in [1.29, 1.82) is 0 Å². The van der Waals surface area contributed by atoms with Gasteiger partial charge in [0.25, 0.3) is 15.9 Å². The van der Waals surface area contributed by atoms with Crippen LogP contribution < -0.4 is 10.0 Å². The molecule has 0 saturated carbocycles. The van der Waals surface area contributed by atoms with Crippen LogP contribution in [0.2, 0.25) is 0 Å². The molecule has 10 heteroatoms. The van der Waals surface area contributed by atoms with E-state index in [0.717, 1.165) is 17.7 Å². The number of sulfonamides is 1. The largest absolute Gasteiger partial charge is 0.296 e. The second-order valence-electron chi connectivity index (χ2n) is 6.82. The van der Waals surface area contributed by atoms with Gasteiger partial charge in [-0.2, -0.15) is 0 Å². The van der Waals surface area contributed by atoms with E-state index in [1.54, 1.807) is 13.0 Å². The Balaban J connectivity index is 1.55. The van der Waals surface area contributed by atoms with Crippen LogP contribution in [0.15, 0.2) is 77.7 Å². The molecule has 32 heavy (non-hydrogen) atoms. The number of carbonyl (C=O) groups is 1. The number of nitrogens with zero attached hydrogens (tertiary/aromatic N) is 2. The van der Waals surface area contributed by atoms with Crippen LogP contribution in [0.1, 0.15) is 15.9 Å². The van der Waals surface area contributed by atoms with Crippen molar-refractivity contribution < 1.29 is 17.6 Å². The first-order valence-corrected chi connectivity index (χ1v) is 11.7. The highest BCUT2D eigenvalue weighted by molar-refractivity contribution is 7.92. The molecular formula is C22H17FN4O3S2. The standard InChI is InChI=1S/C22H17FN4O3S2/c1-14-7-12-18(32(29,30)27-17-10-8-16(23)9-11-17)13-19(14)20(28)24-22-26-25-21(31-22)15-5-3-2-4-6-15/h2-13,27H,1H3,(H,24,26,28). The van der Waals surface area contributed by atoms with Gasteiger partial charge in [0.05, 0.1) is 4.90 Å². The molecule has 0 spiro atoms. The highest BCUT2D eigenvalue weighted by Crippen LogP contribution is 2.27. The van der Waals surface area contributed by atoms with Gasteiger partial charge in [-0.15, -0.1) is 10.2 Å². The molecule has 1 heterocycles. The lowest BCUT2D eigenvalue weighted by Crippen LogP contribution is -2.17. The highest BCUT2D eigenvalue weighted by atomic mass is 32.2. The fraction of sp³-hybridized carbons (Fsp3) is 0.0455. The SMILES string of the molecule is Cc1ccc(S(=O)(=O)Nc2ccc(F)cc2)cc1C(=O)Nc1nnc(-c2ccccc2)s1. The molecule has 0 atom stereocenters. The zero-order chi connectivity index (χ0) is 22.7. The third-order valence-corrected chi connectivity index (χ3v) is 6.79. The minimum absolute atomic E-state index is 0.0974. The van der Waals surface area contributed by atoms with E-state index < -0.39 is 21.7 Å². The molecule has 4 aromatic rings. The van der Waals surface area contributed by atoms with Crippen molar-refractivity contribution in [2.24, 2.45) is 0 Å². The molecule has 1 aromatic heterocycles. The average Bonchev–Trinajstić information content (AvgIpc) is 3.24. The van der Waals surface area contributed by atoms with Gasteiger partial charge in [0.15, 0.2) is 0 Å². The third kappa shape index (κ3) is 4.82. The van der Waals surface area contributed by atoms with E-state index in [2.05, 4.69) is 20.2 Å². The van der Waals surface area contributed by atoms with Crippen LogP contribution in [0.25, 0.3) is 10.6 Å². The number of aromatic nitrogens is 2. The summed E-state index contributed by atoms with van der Waals surface area (Å²) in [5.74, 6) is -0.980. The van der Waals surface area contributed by atoms with Gasteiger partial charge in [0.2, 0.25) is 5.13 Å². The maximum absolute atomic E-state index is 13.1. The molecule has 7 nitrogen and oxygen atoms in total. The smallest absolute Gasteiger partial charge is 0.261 e. The van der Waals surface area contributed by atoms with Gasteiger partial charge in [-0.25, -0.2) is 12.8 Å². The molecular weight excluding hydrogens is 451 g/mol. The summed E-state index contributed by atoms with van der Waals surface area (Å²) in [7, 11) is -3.98. The van der Waals surface area contributed by atoms with Crippen molar-refractivity contribution in [2.75, 3.05) is 10.0 Å². The van der Waals surface area contributed by atoms with E-state index in [0.29, 0.717) is 15.7 Å². The Morgan fingerprint density at radius 1 is 0.969 bits per heavy atom. The summed E-state index contributed by atoms with van der Waals surface area (Å²) in [6, 6.07) is 18.6. The quantitative estimate of drug-likeness (QED) is 0.427. The van der Waals surface area contributed by atoms with E-state index in [-0.39, 0.29) is 16.1 Å². The Kier molecular flexibility index (Phi) is 5.97. The Morgan fingerprint density at radius 2 is 1.69 bits per heavy atom. The van der Waals surface area contributed by atoms with Crippen LogP contribution in [-0.2, 0) is 10.0 Å². The van der Waals surface area contributed by atoms with Gasteiger partial charge >= 0.3 is 0 Å². The van der Waals surface area contributed by atoms with Crippen molar-refractivity contribution in [3.63, 3.8) is 0 Å². The predicted molar refractivity (Wildman–Crippen MR) is 122 cm³/mol. The molecule has 0 bridgehead atoms. The Morgan fingerprint density at radius 3 is 2.41 bits per heavy atom. The molecule has 4 rings (SSSR count). The second kappa shape index (κ2) is 8.85. The minimum atomic E-state index is -3.98. The molecule has 0 aliphatic heterocycles. The van der Waals surface area contributed by atoms with Gasteiger partial charge in [0.1, 0.15) is 10.8 Å². The van der Waals surface area contributed by atoms with E-state index in [1.165, 1.54) is 35.6 Å². The van der Waals surface area contributed by atoms with Gasteiger partial charge in [-0.3, -0.25) is 14.8 Å². The van der Waals surface area contributed by atoms with Crippen LogP contribution in [0.3, 0.4) is 0 Å². The van der Waals surface area contributed by atoms with Crippen LogP contribution in [0.5, 0.6) is 0 Å². The normalized spacial score (nSPS) is 11.2. The summed E-state index contributed by atoms with van der Waals surface area (Å²) in [5, 5.41) is 11.7. The summed E-state index contributed by atoms with van der Waals surface area (Å²) in [4.78, 5) is 12.7. The summed E-state index contributed by atoms with van der Waals surface area (Å²) in [6.07, 6.45) is 0. The molecule has 1 amide bonds. The van der Waals surface area contributed by atoms with E-state index in [1.807, 2.05) is 30.3 Å². The van der Waals surface area contributed by atoms with E-state index >= 15 is 0 Å². The molecule has 2 N–H and O–H groups in total. The molecule has 0 saturated heterocycles. The lowest BCUT2D eigenvalue weighted by Gasteiger charge is -2.11. The van der Waals surface area contributed by atoms with Crippen molar-refractivity contribution >= 4 is 38.1 Å². The van der Waals surface area contributed by atoms with Gasteiger partial charge in [-0.1, -0.05) is 47.7 Å². The second-order valence-corrected chi connectivity index (χ2v) is 9.48. The fourth-order valence-electron chi connectivity index (χ4n) is 2.88. The van der Waals surface area contributed by atoms with Crippen molar-refractivity contribution in [2.45, 2.75) is 11.8 Å². The lowest BCUT2D eigenvalue weighted by molar-refractivity contribution is 0.102. The summed E-state index contributed by atoms with van der Waals surface area (Å²) in [5.41, 5.74) is 1.86. The van der Waals surface area contributed by atoms with Gasteiger partial charge < -0.3 is 0 Å². The third-order valence-electron chi connectivity index (χ3n) is 4.53. The summed E-state index contributed by atoms with van der Waals surface area (Å²) in [6.45, 7) is 1.70. The molecule has 0 unspecified atom stereocenters. The first-order valence-electron chi connectivity index (χ1n) is 9.41. The Labute approximate surface area is 188 Å². The number of nitrogens with one attached hydrogen (secondary N) is 2. The Hall–Kier alpha value is -3.63. The molecule has 0 aliphatic rings. The van der Waals surface area contributed by atoms with Crippen molar-refractivity contribution in [1.82, 2.24) is 10.2 Å². The molecule has 0 fully saturated rings. The maximum atomic E-state index is 13.1. The number of halogens is 1. The van der Waals surface area contributed by atoms with Gasteiger partial charge in [-0.05, 0) is 48.9 Å². The zero-order valence-corrected chi connectivity index (χ0v) is 18.4. The molecule has 0 radical (unpaired) electrons. The van der Waals surface area contributed by atoms with Crippen LogP contribution in [0, 0.1) is 12.7 Å². The Bertz CT molecular complexity index is 1370. The first-order chi connectivity index (χ1) is 15.3. The lowest BCUT2D eigenvalue weighted by atomic mass is 10.1. The van der Waals surface area contributed by atoms with Crippen LogP contribution in [-0.4, -0.2) is 24.5 Å². The number of anilines is 2. The van der Waals surface area contributed by atoms with Crippen molar-refractivity contribution in [3.05, 3.63) is 89.7 Å². The maximum Gasteiger partial charge on any atom is 0.261 e. The van der Waals surface area contributed by atoms with E-state index in [4.69, 9.17) is 0 Å². The van der Waals surface area contributed by atoms with E-state index in [9.17, 15) is 17.6 Å². The first kappa shape index (κ1) is 21.6. The average molecular weight is 469 g/mol. The monoisotopic (exact) mass is 468 g/mol. The molecule has 3 aromatic carbocycles. The number of benzene rings is 3. The molecule has 0 aliphatic carbocycles.